The number of aliphatic hydroxyl groups excluding tert-OH is 3. The first-order valence-electron chi connectivity index (χ1n) is 6.35. The molecule has 0 aliphatic carbocycles. The van der Waals surface area contributed by atoms with Gasteiger partial charge in [0, 0.05) is 26.1 Å². The molecule has 104 valence electrons. The molecule has 0 bridgehead atoms. The maximum absolute atomic E-state index is 9.78. The van der Waals surface area contributed by atoms with Crippen LogP contribution in [0.15, 0.2) is 0 Å². The fourth-order valence-electron chi connectivity index (χ4n) is 1.66. The lowest BCUT2D eigenvalue weighted by Gasteiger charge is -2.26. The number of hydrogen-bond acceptors (Lipinski definition) is 5. The highest BCUT2D eigenvalue weighted by atomic mass is 16.3. The topological polar surface area (TPSA) is 90.0 Å². The quantitative estimate of drug-likeness (QED) is 0.437. The van der Waals surface area contributed by atoms with Crippen LogP contribution >= 0.6 is 0 Å². The predicted molar refractivity (Wildman–Crippen MR) is 68.6 cm³/mol. The lowest BCUT2D eigenvalue weighted by molar-refractivity contribution is -0.0333. The molecule has 2 unspecified atom stereocenters. The summed E-state index contributed by atoms with van der Waals surface area (Å²) in [5.74, 6) is 0.138. The van der Waals surface area contributed by atoms with Gasteiger partial charge in [-0.15, -0.1) is 0 Å². The standard InChI is InChI=1S/C12H28N2O3/c1-4-9(2)10(15)7-11(16)12(17)8-14(3)6-5-13/h9-12,15-17H,4-8,13H2,1-3H3/t9?,10-,11-,12?/m0/s1. The first kappa shape index (κ1) is 16.8. The van der Waals surface area contributed by atoms with Crippen molar-refractivity contribution in [1.82, 2.24) is 4.90 Å². The molecule has 0 spiro atoms. The molecular formula is C12H28N2O3. The van der Waals surface area contributed by atoms with E-state index in [9.17, 15) is 15.3 Å². The van der Waals surface area contributed by atoms with Crippen molar-refractivity contribution in [3.05, 3.63) is 0 Å². The highest BCUT2D eigenvalue weighted by Crippen LogP contribution is 2.14. The van der Waals surface area contributed by atoms with Gasteiger partial charge in [0.15, 0.2) is 0 Å². The van der Waals surface area contributed by atoms with Gasteiger partial charge >= 0.3 is 0 Å². The Balaban J connectivity index is 3.99. The number of likely N-dealkylation sites (N-methyl/N-ethyl adjacent to an activating group) is 1. The molecular weight excluding hydrogens is 220 g/mol. The zero-order chi connectivity index (χ0) is 13.4. The van der Waals surface area contributed by atoms with Crippen LogP contribution in [0.5, 0.6) is 0 Å². The van der Waals surface area contributed by atoms with Crippen molar-refractivity contribution in [3.8, 4) is 0 Å². The summed E-state index contributed by atoms with van der Waals surface area (Å²) in [4.78, 5) is 1.86. The largest absolute Gasteiger partial charge is 0.393 e. The van der Waals surface area contributed by atoms with E-state index in [1.54, 1.807) is 0 Å². The summed E-state index contributed by atoms with van der Waals surface area (Å²) >= 11 is 0. The number of nitrogens with zero attached hydrogens (tertiary/aromatic N) is 1. The van der Waals surface area contributed by atoms with E-state index >= 15 is 0 Å². The monoisotopic (exact) mass is 248 g/mol. The molecule has 0 saturated carbocycles. The predicted octanol–water partition coefficient (Wildman–Crippen LogP) is -0.604. The zero-order valence-electron chi connectivity index (χ0n) is 11.2. The molecule has 5 N–H and O–H groups in total. The number of hydrogen-bond donors (Lipinski definition) is 4. The van der Waals surface area contributed by atoms with Gasteiger partial charge < -0.3 is 26.0 Å². The minimum absolute atomic E-state index is 0.138. The Kier molecular flexibility index (Phi) is 8.72. The van der Waals surface area contributed by atoms with Gasteiger partial charge in [-0.1, -0.05) is 20.3 Å². The molecule has 17 heavy (non-hydrogen) atoms. The third kappa shape index (κ3) is 6.95. The molecule has 0 aromatic heterocycles. The Hall–Kier alpha value is -0.200. The summed E-state index contributed by atoms with van der Waals surface area (Å²) in [5, 5.41) is 29.3. The summed E-state index contributed by atoms with van der Waals surface area (Å²) in [7, 11) is 1.84. The van der Waals surface area contributed by atoms with Crippen LogP contribution in [0.4, 0.5) is 0 Å². The Morgan fingerprint density at radius 1 is 1.12 bits per heavy atom. The minimum Gasteiger partial charge on any atom is -0.393 e. The average molecular weight is 248 g/mol. The number of rotatable bonds is 9. The van der Waals surface area contributed by atoms with Crippen LogP contribution in [0, 0.1) is 5.92 Å². The van der Waals surface area contributed by atoms with E-state index in [-0.39, 0.29) is 12.3 Å². The third-order valence-corrected chi connectivity index (χ3v) is 3.24. The molecule has 0 amide bonds. The van der Waals surface area contributed by atoms with Crippen molar-refractivity contribution in [1.29, 1.82) is 0 Å². The Morgan fingerprint density at radius 2 is 1.71 bits per heavy atom. The van der Waals surface area contributed by atoms with Gasteiger partial charge in [0.2, 0.25) is 0 Å². The van der Waals surface area contributed by atoms with Crippen molar-refractivity contribution < 1.29 is 15.3 Å². The summed E-state index contributed by atoms with van der Waals surface area (Å²) in [6, 6.07) is 0. The van der Waals surface area contributed by atoms with E-state index in [1.807, 2.05) is 25.8 Å². The Labute approximate surface area is 104 Å². The molecule has 4 atom stereocenters. The van der Waals surface area contributed by atoms with Gasteiger partial charge in [-0.3, -0.25) is 0 Å². The molecule has 0 radical (unpaired) electrons. The normalized spacial score (nSPS) is 19.1. The van der Waals surface area contributed by atoms with E-state index in [1.165, 1.54) is 0 Å². The molecule has 0 heterocycles. The lowest BCUT2D eigenvalue weighted by atomic mass is 9.95. The van der Waals surface area contributed by atoms with Gasteiger partial charge in [0.1, 0.15) is 0 Å². The fraction of sp³-hybridized carbons (Fsp3) is 1.00. The number of nitrogens with two attached hydrogens (primary N) is 1. The van der Waals surface area contributed by atoms with Crippen LogP contribution in [-0.4, -0.2) is 65.2 Å². The Bertz CT molecular complexity index is 193. The van der Waals surface area contributed by atoms with Crippen LogP contribution in [0.1, 0.15) is 26.7 Å². The van der Waals surface area contributed by atoms with Gasteiger partial charge in [0.05, 0.1) is 18.3 Å². The first-order valence-corrected chi connectivity index (χ1v) is 6.35. The molecule has 0 fully saturated rings. The van der Waals surface area contributed by atoms with Crippen LogP contribution in [0.25, 0.3) is 0 Å². The van der Waals surface area contributed by atoms with Crippen LogP contribution in [0.2, 0.25) is 0 Å². The van der Waals surface area contributed by atoms with Crippen molar-refractivity contribution >= 4 is 0 Å². The van der Waals surface area contributed by atoms with E-state index in [0.717, 1.165) is 6.42 Å². The fourth-order valence-corrected chi connectivity index (χ4v) is 1.66. The smallest absolute Gasteiger partial charge is 0.0926 e. The van der Waals surface area contributed by atoms with Crippen LogP contribution in [0.3, 0.4) is 0 Å². The molecule has 0 rings (SSSR count). The van der Waals surface area contributed by atoms with Gasteiger partial charge in [-0.25, -0.2) is 0 Å². The lowest BCUT2D eigenvalue weighted by Crippen LogP contribution is -2.41. The average Bonchev–Trinajstić information content (AvgIpc) is 2.27. The van der Waals surface area contributed by atoms with Crippen molar-refractivity contribution in [2.75, 3.05) is 26.7 Å². The van der Waals surface area contributed by atoms with E-state index in [2.05, 4.69) is 0 Å². The van der Waals surface area contributed by atoms with E-state index in [0.29, 0.717) is 19.6 Å². The Morgan fingerprint density at radius 3 is 2.18 bits per heavy atom. The maximum atomic E-state index is 9.78. The highest BCUT2D eigenvalue weighted by Gasteiger charge is 2.23. The molecule has 5 heteroatoms. The van der Waals surface area contributed by atoms with E-state index < -0.39 is 18.3 Å². The van der Waals surface area contributed by atoms with Crippen molar-refractivity contribution in [2.24, 2.45) is 11.7 Å². The molecule has 0 aromatic rings. The molecule has 0 aromatic carbocycles. The van der Waals surface area contributed by atoms with Crippen molar-refractivity contribution in [3.63, 3.8) is 0 Å². The molecule has 0 aliphatic rings. The minimum atomic E-state index is -0.890. The second-order valence-electron chi connectivity index (χ2n) is 4.87. The highest BCUT2D eigenvalue weighted by molar-refractivity contribution is 4.76. The molecule has 5 nitrogen and oxygen atoms in total. The third-order valence-electron chi connectivity index (χ3n) is 3.24. The maximum Gasteiger partial charge on any atom is 0.0926 e. The second kappa shape index (κ2) is 8.83. The second-order valence-corrected chi connectivity index (χ2v) is 4.87. The summed E-state index contributed by atoms with van der Waals surface area (Å²) in [6.45, 7) is 5.49. The first-order chi connectivity index (χ1) is 7.92. The summed E-state index contributed by atoms with van der Waals surface area (Å²) in [5.41, 5.74) is 5.39. The van der Waals surface area contributed by atoms with Gasteiger partial charge in [-0.2, -0.15) is 0 Å². The van der Waals surface area contributed by atoms with Crippen LogP contribution in [-0.2, 0) is 0 Å². The van der Waals surface area contributed by atoms with Gasteiger partial charge in [0.25, 0.3) is 0 Å². The van der Waals surface area contributed by atoms with Crippen molar-refractivity contribution in [2.45, 2.75) is 45.0 Å². The zero-order valence-corrected chi connectivity index (χ0v) is 11.2. The summed E-state index contributed by atoms with van der Waals surface area (Å²) in [6.07, 6.45) is -1.22. The van der Waals surface area contributed by atoms with E-state index in [4.69, 9.17) is 5.73 Å². The summed E-state index contributed by atoms with van der Waals surface area (Å²) < 4.78 is 0. The van der Waals surface area contributed by atoms with Crippen LogP contribution < -0.4 is 5.73 Å². The van der Waals surface area contributed by atoms with Gasteiger partial charge in [-0.05, 0) is 13.0 Å². The molecule has 0 aliphatic heterocycles. The number of aliphatic hydroxyl groups is 3. The molecule has 0 saturated heterocycles. The SMILES string of the molecule is CCC(C)[C@@H](O)C[C@H](O)C(O)CN(C)CCN.